The average molecular weight is 248 g/mol. The molecule has 1 rings (SSSR count). The number of carbonyl (C=O) groups excluding carboxylic acids is 2. The molecule has 1 aromatic rings. The van der Waals surface area contributed by atoms with Gasteiger partial charge in [0.1, 0.15) is 0 Å². The molecule has 0 bridgehead atoms. The van der Waals surface area contributed by atoms with Crippen molar-refractivity contribution in [3.05, 3.63) is 29.8 Å². The van der Waals surface area contributed by atoms with E-state index in [0.717, 1.165) is 11.3 Å². The van der Waals surface area contributed by atoms with Gasteiger partial charge in [0.25, 0.3) is 0 Å². The summed E-state index contributed by atoms with van der Waals surface area (Å²) in [7, 11) is 0. The predicted molar refractivity (Wildman–Crippen MR) is 72.5 cm³/mol. The summed E-state index contributed by atoms with van der Waals surface area (Å²) >= 11 is 0. The van der Waals surface area contributed by atoms with Gasteiger partial charge >= 0.3 is 11.8 Å². The third kappa shape index (κ3) is 3.32. The Morgan fingerprint density at radius 3 is 2.39 bits per heavy atom. The predicted octanol–water partition coefficient (Wildman–Crippen LogP) is 1.87. The van der Waals surface area contributed by atoms with Crippen LogP contribution in [0.4, 0.5) is 5.69 Å². The smallest absolute Gasteiger partial charge is 0.316 e. The van der Waals surface area contributed by atoms with Crippen LogP contribution in [-0.2, 0) is 9.59 Å². The summed E-state index contributed by atoms with van der Waals surface area (Å²) in [5.41, 5.74) is 1.76. The Labute approximate surface area is 108 Å². The van der Waals surface area contributed by atoms with Gasteiger partial charge in [0.05, 0.1) is 0 Å². The van der Waals surface area contributed by atoms with E-state index in [-0.39, 0.29) is 6.04 Å². The van der Waals surface area contributed by atoms with Crippen molar-refractivity contribution in [2.75, 3.05) is 11.4 Å². The van der Waals surface area contributed by atoms with Crippen LogP contribution in [0.3, 0.4) is 0 Å². The molecular formula is C14H20N2O2. The number of anilines is 1. The molecule has 18 heavy (non-hydrogen) atoms. The summed E-state index contributed by atoms with van der Waals surface area (Å²) in [5.74, 6) is -1.07. The number of nitrogens with one attached hydrogen (secondary N) is 1. The molecule has 0 aromatic heterocycles. The fourth-order valence-electron chi connectivity index (χ4n) is 1.74. The van der Waals surface area contributed by atoms with Crippen LogP contribution in [0.2, 0.25) is 0 Å². The van der Waals surface area contributed by atoms with E-state index in [0.29, 0.717) is 6.54 Å². The molecule has 4 heteroatoms. The second-order valence-corrected chi connectivity index (χ2v) is 4.46. The van der Waals surface area contributed by atoms with Gasteiger partial charge in [0.2, 0.25) is 0 Å². The van der Waals surface area contributed by atoms with Gasteiger partial charge in [-0.05, 0) is 39.3 Å². The number of rotatable bonds is 3. The summed E-state index contributed by atoms with van der Waals surface area (Å²) < 4.78 is 0. The van der Waals surface area contributed by atoms with Crippen molar-refractivity contribution in [2.24, 2.45) is 0 Å². The van der Waals surface area contributed by atoms with Crippen molar-refractivity contribution >= 4 is 17.5 Å². The second-order valence-electron chi connectivity index (χ2n) is 4.46. The van der Waals surface area contributed by atoms with Gasteiger partial charge in [-0.25, -0.2) is 0 Å². The van der Waals surface area contributed by atoms with Gasteiger partial charge in [-0.2, -0.15) is 0 Å². The summed E-state index contributed by atoms with van der Waals surface area (Å²) in [4.78, 5) is 25.3. The minimum absolute atomic E-state index is 0.0444. The number of para-hydroxylation sites is 1. The maximum Gasteiger partial charge on any atom is 0.316 e. The van der Waals surface area contributed by atoms with E-state index >= 15 is 0 Å². The topological polar surface area (TPSA) is 49.4 Å². The van der Waals surface area contributed by atoms with Gasteiger partial charge in [-0.15, -0.1) is 0 Å². The highest BCUT2D eigenvalue weighted by atomic mass is 16.2. The van der Waals surface area contributed by atoms with Crippen molar-refractivity contribution in [3.63, 3.8) is 0 Å². The highest BCUT2D eigenvalue weighted by Crippen LogP contribution is 2.19. The summed E-state index contributed by atoms with van der Waals surface area (Å²) in [5, 5.41) is 2.62. The number of aryl methyl sites for hydroxylation is 1. The minimum Gasteiger partial charge on any atom is -0.346 e. The monoisotopic (exact) mass is 248 g/mol. The molecule has 0 unspecified atom stereocenters. The van der Waals surface area contributed by atoms with Crippen LogP contribution in [-0.4, -0.2) is 24.4 Å². The fourth-order valence-corrected chi connectivity index (χ4v) is 1.74. The zero-order chi connectivity index (χ0) is 13.7. The summed E-state index contributed by atoms with van der Waals surface area (Å²) in [6, 6.07) is 7.49. The first-order valence-corrected chi connectivity index (χ1v) is 6.15. The van der Waals surface area contributed by atoms with E-state index in [1.807, 2.05) is 52.0 Å². The Balaban J connectivity index is 2.94. The van der Waals surface area contributed by atoms with E-state index in [9.17, 15) is 9.59 Å². The molecule has 0 aliphatic heterocycles. The van der Waals surface area contributed by atoms with Crippen LogP contribution in [0.1, 0.15) is 26.3 Å². The average Bonchev–Trinajstić information content (AvgIpc) is 2.31. The third-order valence-corrected chi connectivity index (χ3v) is 2.58. The quantitative estimate of drug-likeness (QED) is 0.830. The first-order valence-electron chi connectivity index (χ1n) is 6.15. The molecule has 0 fully saturated rings. The number of hydrogen-bond acceptors (Lipinski definition) is 2. The lowest BCUT2D eigenvalue weighted by Gasteiger charge is -2.22. The number of hydrogen-bond donors (Lipinski definition) is 1. The maximum atomic E-state index is 12.1. The Kier molecular flexibility index (Phi) is 4.89. The molecule has 1 aromatic carbocycles. The standard InChI is InChI=1S/C14H20N2O2/c1-5-16(12-9-7-6-8-11(12)4)14(18)13(17)15-10(2)3/h6-10H,5H2,1-4H3,(H,15,17). The van der Waals surface area contributed by atoms with Crippen molar-refractivity contribution in [1.29, 1.82) is 0 Å². The second kappa shape index (κ2) is 6.19. The zero-order valence-electron chi connectivity index (χ0n) is 11.4. The third-order valence-electron chi connectivity index (χ3n) is 2.58. The van der Waals surface area contributed by atoms with Gasteiger partial charge in [-0.3, -0.25) is 9.59 Å². The molecule has 1 N–H and O–H groups in total. The van der Waals surface area contributed by atoms with E-state index in [4.69, 9.17) is 0 Å². The van der Waals surface area contributed by atoms with Crippen molar-refractivity contribution < 1.29 is 9.59 Å². The van der Waals surface area contributed by atoms with Crippen molar-refractivity contribution in [2.45, 2.75) is 33.7 Å². The van der Waals surface area contributed by atoms with Crippen LogP contribution in [0.15, 0.2) is 24.3 Å². The molecule has 4 nitrogen and oxygen atoms in total. The highest BCUT2D eigenvalue weighted by molar-refractivity contribution is 6.40. The van der Waals surface area contributed by atoms with Crippen LogP contribution in [0.25, 0.3) is 0 Å². The van der Waals surface area contributed by atoms with Gasteiger partial charge in [-0.1, -0.05) is 18.2 Å². The van der Waals surface area contributed by atoms with E-state index in [1.54, 1.807) is 0 Å². The minimum atomic E-state index is -0.560. The SMILES string of the molecule is CCN(C(=O)C(=O)NC(C)C)c1ccccc1C. The fraction of sp³-hybridized carbons (Fsp3) is 0.429. The maximum absolute atomic E-state index is 12.1. The molecule has 0 aliphatic carbocycles. The van der Waals surface area contributed by atoms with Crippen molar-refractivity contribution in [3.8, 4) is 0 Å². The van der Waals surface area contributed by atoms with Gasteiger partial charge in [0.15, 0.2) is 0 Å². The zero-order valence-corrected chi connectivity index (χ0v) is 11.4. The summed E-state index contributed by atoms with van der Waals surface area (Å²) in [6.07, 6.45) is 0. The lowest BCUT2D eigenvalue weighted by Crippen LogP contribution is -2.45. The van der Waals surface area contributed by atoms with Crippen LogP contribution in [0, 0.1) is 6.92 Å². The van der Waals surface area contributed by atoms with Gasteiger partial charge in [0, 0.05) is 18.3 Å². The molecule has 0 spiro atoms. The lowest BCUT2D eigenvalue weighted by atomic mass is 10.2. The highest BCUT2D eigenvalue weighted by Gasteiger charge is 2.23. The molecule has 0 atom stereocenters. The Morgan fingerprint density at radius 1 is 1.28 bits per heavy atom. The first kappa shape index (κ1) is 14.2. The normalized spacial score (nSPS) is 10.3. The van der Waals surface area contributed by atoms with E-state index in [2.05, 4.69) is 5.32 Å². The number of benzene rings is 1. The largest absolute Gasteiger partial charge is 0.346 e. The molecule has 98 valence electrons. The van der Waals surface area contributed by atoms with Gasteiger partial charge < -0.3 is 10.2 Å². The molecule has 0 saturated carbocycles. The summed E-state index contributed by atoms with van der Waals surface area (Å²) in [6.45, 7) is 7.90. The Bertz CT molecular complexity index is 441. The van der Waals surface area contributed by atoms with Crippen LogP contribution < -0.4 is 10.2 Å². The number of amides is 2. The van der Waals surface area contributed by atoms with Crippen LogP contribution >= 0.6 is 0 Å². The van der Waals surface area contributed by atoms with Crippen LogP contribution in [0.5, 0.6) is 0 Å². The molecule has 0 saturated heterocycles. The Hall–Kier alpha value is -1.84. The molecular weight excluding hydrogens is 228 g/mol. The molecule has 0 aliphatic rings. The molecule has 2 amide bonds. The van der Waals surface area contributed by atoms with E-state index in [1.165, 1.54) is 4.90 Å². The number of carbonyl (C=O) groups is 2. The van der Waals surface area contributed by atoms with Crippen molar-refractivity contribution in [1.82, 2.24) is 5.32 Å². The number of nitrogens with zero attached hydrogens (tertiary/aromatic N) is 1. The Morgan fingerprint density at radius 2 is 1.89 bits per heavy atom. The molecule has 0 heterocycles. The number of likely N-dealkylation sites (N-methyl/N-ethyl adjacent to an activating group) is 1. The van der Waals surface area contributed by atoms with E-state index < -0.39 is 11.8 Å². The molecule has 0 radical (unpaired) electrons. The lowest BCUT2D eigenvalue weighted by molar-refractivity contribution is -0.137. The first-order chi connectivity index (χ1) is 8.47.